The topological polar surface area (TPSA) is 65.0 Å². The van der Waals surface area contributed by atoms with Crippen molar-refractivity contribution in [1.29, 1.82) is 0 Å². The summed E-state index contributed by atoms with van der Waals surface area (Å²) in [6, 6.07) is 0. The number of hydrogen-bond donors (Lipinski definition) is 1. The Morgan fingerprint density at radius 3 is 1.64 bits per heavy atom. The third-order valence-electron chi connectivity index (χ3n) is 1.88. The first-order valence-electron chi connectivity index (χ1n) is 4.29. The lowest BCUT2D eigenvalue weighted by Gasteiger charge is -2.29. The highest BCUT2D eigenvalue weighted by molar-refractivity contribution is 5.67. The average molecular weight is 206 g/mol. The maximum Gasteiger partial charge on any atom is 0.304 e. The van der Waals surface area contributed by atoms with E-state index in [1.165, 1.54) is 21.3 Å². The molecule has 0 aliphatic heterocycles. The molecule has 0 atom stereocenters. The normalized spacial score (nSPS) is 11.6. The minimum Gasteiger partial charge on any atom is -0.481 e. The predicted molar refractivity (Wildman–Crippen MR) is 50.3 cm³/mol. The van der Waals surface area contributed by atoms with Crippen molar-refractivity contribution in [1.82, 2.24) is 0 Å². The van der Waals surface area contributed by atoms with E-state index in [-0.39, 0.29) is 6.42 Å². The molecule has 14 heavy (non-hydrogen) atoms. The molecule has 0 aromatic carbocycles. The summed E-state index contributed by atoms with van der Waals surface area (Å²) in [7, 11) is 4.59. The van der Waals surface area contributed by atoms with Crippen LogP contribution in [0.15, 0.2) is 0 Å². The molecule has 84 valence electrons. The number of hydrogen-bond acceptors (Lipinski definition) is 4. The van der Waals surface area contributed by atoms with Crippen molar-refractivity contribution in [2.75, 3.05) is 41.2 Å². The third-order valence-corrected chi connectivity index (χ3v) is 1.88. The van der Waals surface area contributed by atoms with E-state index in [1.807, 2.05) is 0 Å². The van der Waals surface area contributed by atoms with E-state index in [1.54, 1.807) is 0 Å². The van der Waals surface area contributed by atoms with Crippen molar-refractivity contribution < 1.29 is 24.1 Å². The largest absolute Gasteiger partial charge is 0.481 e. The SMILES string of the molecule is COCC(COC)(COC)CC(=O)O. The van der Waals surface area contributed by atoms with Gasteiger partial charge in [0, 0.05) is 21.3 Å². The van der Waals surface area contributed by atoms with Crippen molar-refractivity contribution in [3.63, 3.8) is 0 Å². The van der Waals surface area contributed by atoms with Gasteiger partial charge in [0.05, 0.1) is 31.7 Å². The van der Waals surface area contributed by atoms with Crippen LogP contribution < -0.4 is 0 Å². The van der Waals surface area contributed by atoms with Crippen LogP contribution in [-0.2, 0) is 19.0 Å². The highest BCUT2D eigenvalue weighted by Crippen LogP contribution is 2.23. The van der Waals surface area contributed by atoms with Gasteiger partial charge in [-0.05, 0) is 0 Å². The van der Waals surface area contributed by atoms with Crippen LogP contribution in [0.2, 0.25) is 0 Å². The fourth-order valence-corrected chi connectivity index (χ4v) is 1.52. The molecule has 0 spiro atoms. The molecule has 5 heteroatoms. The van der Waals surface area contributed by atoms with Crippen LogP contribution in [0.3, 0.4) is 0 Å². The second-order valence-corrected chi connectivity index (χ2v) is 3.37. The highest BCUT2D eigenvalue weighted by Gasteiger charge is 2.33. The zero-order chi connectivity index (χ0) is 11.0. The molecule has 0 aliphatic carbocycles. The maximum atomic E-state index is 10.7. The minimum absolute atomic E-state index is 0.0253. The van der Waals surface area contributed by atoms with Crippen LogP contribution in [0, 0.1) is 5.41 Å². The van der Waals surface area contributed by atoms with Gasteiger partial charge in [-0.2, -0.15) is 0 Å². The second kappa shape index (κ2) is 6.75. The molecule has 0 aliphatic rings. The van der Waals surface area contributed by atoms with E-state index in [4.69, 9.17) is 19.3 Å². The lowest BCUT2D eigenvalue weighted by atomic mass is 9.87. The Hall–Kier alpha value is -0.650. The molecular formula is C9H18O5. The molecule has 0 aromatic rings. The van der Waals surface area contributed by atoms with Gasteiger partial charge in [-0.1, -0.05) is 0 Å². The number of rotatable bonds is 8. The lowest BCUT2D eigenvalue weighted by molar-refractivity contribution is -0.144. The van der Waals surface area contributed by atoms with Crippen molar-refractivity contribution in [3.05, 3.63) is 0 Å². The molecule has 0 amide bonds. The lowest BCUT2D eigenvalue weighted by Crippen LogP contribution is -2.38. The molecule has 0 bridgehead atoms. The summed E-state index contributed by atoms with van der Waals surface area (Å²) in [6.07, 6.45) is -0.0253. The Labute approximate surface area is 84.0 Å². The van der Waals surface area contributed by atoms with Gasteiger partial charge in [-0.15, -0.1) is 0 Å². The van der Waals surface area contributed by atoms with E-state index < -0.39 is 11.4 Å². The van der Waals surface area contributed by atoms with Gasteiger partial charge in [0.25, 0.3) is 0 Å². The van der Waals surface area contributed by atoms with E-state index in [0.717, 1.165) is 0 Å². The number of carbonyl (C=O) groups is 1. The second-order valence-electron chi connectivity index (χ2n) is 3.37. The first kappa shape index (κ1) is 13.4. The molecule has 0 rings (SSSR count). The molecule has 0 aromatic heterocycles. The van der Waals surface area contributed by atoms with Gasteiger partial charge in [0.2, 0.25) is 0 Å². The van der Waals surface area contributed by atoms with E-state index in [9.17, 15) is 4.79 Å². The van der Waals surface area contributed by atoms with Crippen LogP contribution in [0.1, 0.15) is 6.42 Å². The average Bonchev–Trinajstić information content (AvgIpc) is 2.03. The van der Waals surface area contributed by atoms with E-state index >= 15 is 0 Å². The molecule has 0 heterocycles. The summed E-state index contributed by atoms with van der Waals surface area (Å²) in [6.45, 7) is 0.920. The van der Waals surface area contributed by atoms with E-state index in [0.29, 0.717) is 19.8 Å². The summed E-state index contributed by atoms with van der Waals surface area (Å²) >= 11 is 0. The van der Waals surface area contributed by atoms with Gasteiger partial charge in [0.15, 0.2) is 0 Å². The maximum absolute atomic E-state index is 10.7. The molecular weight excluding hydrogens is 188 g/mol. The van der Waals surface area contributed by atoms with Gasteiger partial charge < -0.3 is 19.3 Å². The number of carboxylic acid groups (broad SMARTS) is 1. The quantitative estimate of drug-likeness (QED) is 0.622. The van der Waals surface area contributed by atoms with Gasteiger partial charge in [-0.3, -0.25) is 4.79 Å². The predicted octanol–water partition coefficient (Wildman–Crippen LogP) is 0.387. The standard InChI is InChI=1S/C9H18O5/c1-12-5-9(6-13-2,7-14-3)4-8(10)11/h4-7H2,1-3H3,(H,10,11). The Morgan fingerprint density at radius 2 is 1.43 bits per heavy atom. The van der Waals surface area contributed by atoms with Gasteiger partial charge >= 0.3 is 5.97 Å². The first-order chi connectivity index (χ1) is 6.60. The summed E-state index contributed by atoms with van der Waals surface area (Å²) < 4.78 is 15.0. The zero-order valence-electron chi connectivity index (χ0n) is 8.91. The molecule has 0 saturated carbocycles. The van der Waals surface area contributed by atoms with Gasteiger partial charge in [-0.25, -0.2) is 0 Å². The molecule has 5 nitrogen and oxygen atoms in total. The molecule has 0 unspecified atom stereocenters. The van der Waals surface area contributed by atoms with Crippen LogP contribution in [0.5, 0.6) is 0 Å². The summed E-state index contributed by atoms with van der Waals surface area (Å²) in [5.41, 5.74) is -0.593. The van der Waals surface area contributed by atoms with Crippen molar-refractivity contribution in [2.45, 2.75) is 6.42 Å². The van der Waals surface area contributed by atoms with Crippen molar-refractivity contribution in [3.8, 4) is 0 Å². The first-order valence-corrected chi connectivity index (χ1v) is 4.29. The van der Waals surface area contributed by atoms with Crippen molar-refractivity contribution in [2.24, 2.45) is 5.41 Å². The Bertz CT molecular complexity index is 152. The molecule has 0 saturated heterocycles. The minimum atomic E-state index is -0.879. The van der Waals surface area contributed by atoms with Crippen LogP contribution >= 0.6 is 0 Å². The molecule has 1 N–H and O–H groups in total. The summed E-state index contributed by atoms with van der Waals surface area (Å²) in [5, 5.41) is 8.76. The fourth-order valence-electron chi connectivity index (χ4n) is 1.52. The van der Waals surface area contributed by atoms with Crippen LogP contribution in [-0.4, -0.2) is 52.2 Å². The monoisotopic (exact) mass is 206 g/mol. The smallest absolute Gasteiger partial charge is 0.304 e. The number of methoxy groups -OCH3 is 3. The number of ether oxygens (including phenoxy) is 3. The fraction of sp³-hybridized carbons (Fsp3) is 0.889. The van der Waals surface area contributed by atoms with E-state index in [2.05, 4.69) is 0 Å². The summed E-state index contributed by atoms with van der Waals surface area (Å²) in [4.78, 5) is 10.7. The van der Waals surface area contributed by atoms with Crippen molar-refractivity contribution >= 4 is 5.97 Å². The molecule has 0 fully saturated rings. The zero-order valence-corrected chi connectivity index (χ0v) is 8.91. The molecule has 0 radical (unpaired) electrons. The Balaban J connectivity index is 4.45. The van der Waals surface area contributed by atoms with Crippen LogP contribution in [0.4, 0.5) is 0 Å². The Morgan fingerprint density at radius 1 is 1.07 bits per heavy atom. The third kappa shape index (κ3) is 4.55. The summed E-state index contributed by atoms with van der Waals surface area (Å²) in [5.74, 6) is -0.879. The van der Waals surface area contributed by atoms with Crippen LogP contribution in [0.25, 0.3) is 0 Å². The number of aliphatic carboxylic acids is 1. The highest BCUT2D eigenvalue weighted by atomic mass is 16.5. The van der Waals surface area contributed by atoms with Gasteiger partial charge in [0.1, 0.15) is 0 Å². The Kier molecular flexibility index (Phi) is 6.44. The number of carboxylic acids is 1.